The van der Waals surface area contributed by atoms with Crippen LogP contribution in [0.25, 0.3) is 5.69 Å². The fraction of sp³-hybridized carbons (Fsp3) is 0.250. The van der Waals surface area contributed by atoms with E-state index in [0.29, 0.717) is 5.69 Å². The molecule has 2 aromatic rings. The van der Waals surface area contributed by atoms with E-state index in [1.807, 2.05) is 31.2 Å². The zero-order valence-electron chi connectivity index (χ0n) is 10.1. The molecule has 0 atom stereocenters. The number of aromatic carboxylic acids is 1. The largest absolute Gasteiger partial charge is 0.476 e. The van der Waals surface area contributed by atoms with Crippen molar-refractivity contribution in [3.63, 3.8) is 0 Å². The highest BCUT2D eigenvalue weighted by Gasteiger charge is 2.19. The monoisotopic (exact) mass is 247 g/mol. The summed E-state index contributed by atoms with van der Waals surface area (Å²) in [5.74, 6) is -1.11. The van der Waals surface area contributed by atoms with Gasteiger partial charge in [0.25, 0.3) is 0 Å². The highest BCUT2D eigenvalue weighted by molar-refractivity contribution is 5.86. The Bertz CT molecular complexity index is 578. The third-order valence-corrected chi connectivity index (χ3v) is 2.49. The molecule has 0 fully saturated rings. The topological polar surface area (TPSA) is 77.2 Å². The molecule has 0 amide bonds. The Kier molecular flexibility index (Phi) is 3.38. The SMILES string of the molecule is COCc1c(C(=O)O)nnn1-c1cccc(C)c1. The van der Waals surface area contributed by atoms with E-state index in [1.165, 1.54) is 11.8 Å². The molecule has 0 bridgehead atoms. The molecule has 18 heavy (non-hydrogen) atoms. The zero-order chi connectivity index (χ0) is 13.1. The quantitative estimate of drug-likeness (QED) is 0.884. The van der Waals surface area contributed by atoms with Crippen LogP contribution >= 0.6 is 0 Å². The molecule has 0 saturated carbocycles. The summed E-state index contributed by atoms with van der Waals surface area (Å²) in [5.41, 5.74) is 2.17. The number of carboxylic acids is 1. The van der Waals surface area contributed by atoms with Gasteiger partial charge in [-0.3, -0.25) is 0 Å². The Hall–Kier alpha value is -2.21. The first-order valence-electron chi connectivity index (χ1n) is 5.37. The van der Waals surface area contributed by atoms with Crippen LogP contribution in [0.5, 0.6) is 0 Å². The standard InChI is InChI=1S/C12H13N3O3/c1-8-4-3-5-9(6-8)15-10(7-18-2)11(12(16)17)13-14-15/h3-6H,7H2,1-2H3,(H,16,17). The minimum absolute atomic E-state index is 0.0849. The lowest BCUT2D eigenvalue weighted by molar-refractivity contribution is 0.0685. The smallest absolute Gasteiger partial charge is 0.358 e. The Morgan fingerprint density at radius 3 is 2.89 bits per heavy atom. The van der Waals surface area contributed by atoms with Crippen molar-refractivity contribution >= 4 is 5.97 Å². The fourth-order valence-electron chi connectivity index (χ4n) is 1.70. The molecule has 0 radical (unpaired) electrons. The summed E-state index contributed by atoms with van der Waals surface area (Å²) in [4.78, 5) is 11.0. The van der Waals surface area contributed by atoms with Gasteiger partial charge >= 0.3 is 5.97 Å². The van der Waals surface area contributed by atoms with Crippen molar-refractivity contribution < 1.29 is 14.6 Å². The van der Waals surface area contributed by atoms with Crippen LogP contribution < -0.4 is 0 Å². The van der Waals surface area contributed by atoms with E-state index in [2.05, 4.69) is 10.3 Å². The number of carboxylic acid groups (broad SMARTS) is 1. The Morgan fingerprint density at radius 2 is 2.28 bits per heavy atom. The molecule has 1 aromatic carbocycles. The van der Waals surface area contributed by atoms with E-state index in [0.717, 1.165) is 11.3 Å². The maximum Gasteiger partial charge on any atom is 0.358 e. The lowest BCUT2D eigenvalue weighted by Crippen LogP contribution is -2.08. The van der Waals surface area contributed by atoms with Gasteiger partial charge in [-0.05, 0) is 24.6 Å². The van der Waals surface area contributed by atoms with Crippen LogP contribution in [0.2, 0.25) is 0 Å². The number of ether oxygens (including phenoxy) is 1. The summed E-state index contributed by atoms with van der Waals surface area (Å²) >= 11 is 0. The Labute approximate surface area is 104 Å². The number of aryl methyl sites for hydroxylation is 1. The van der Waals surface area contributed by atoms with Crippen LogP contribution in [0.3, 0.4) is 0 Å². The zero-order valence-corrected chi connectivity index (χ0v) is 10.1. The van der Waals surface area contributed by atoms with Gasteiger partial charge in [-0.25, -0.2) is 9.48 Å². The van der Waals surface area contributed by atoms with Crippen LogP contribution in [-0.4, -0.2) is 33.2 Å². The van der Waals surface area contributed by atoms with Gasteiger partial charge in [0.05, 0.1) is 12.3 Å². The van der Waals surface area contributed by atoms with Gasteiger partial charge < -0.3 is 9.84 Å². The van der Waals surface area contributed by atoms with Gasteiger partial charge in [-0.1, -0.05) is 17.3 Å². The number of hydrogen-bond acceptors (Lipinski definition) is 4. The van der Waals surface area contributed by atoms with Crippen molar-refractivity contribution in [3.05, 3.63) is 41.2 Å². The van der Waals surface area contributed by atoms with E-state index in [9.17, 15) is 4.79 Å². The minimum atomic E-state index is -1.11. The third-order valence-electron chi connectivity index (χ3n) is 2.49. The fourth-order valence-corrected chi connectivity index (χ4v) is 1.70. The number of methoxy groups -OCH3 is 1. The second-order valence-electron chi connectivity index (χ2n) is 3.87. The lowest BCUT2D eigenvalue weighted by Gasteiger charge is -2.06. The molecule has 94 valence electrons. The van der Waals surface area contributed by atoms with Gasteiger partial charge in [-0.2, -0.15) is 0 Å². The maximum absolute atomic E-state index is 11.0. The highest BCUT2D eigenvalue weighted by atomic mass is 16.5. The average molecular weight is 247 g/mol. The molecular weight excluding hydrogens is 234 g/mol. The Balaban J connectivity index is 2.54. The van der Waals surface area contributed by atoms with E-state index in [4.69, 9.17) is 9.84 Å². The molecule has 0 saturated heterocycles. The molecule has 1 aromatic heterocycles. The van der Waals surface area contributed by atoms with Gasteiger partial charge in [0.1, 0.15) is 5.69 Å². The summed E-state index contributed by atoms with van der Waals surface area (Å²) in [7, 11) is 1.50. The van der Waals surface area contributed by atoms with E-state index in [-0.39, 0.29) is 12.3 Å². The van der Waals surface area contributed by atoms with Crippen LogP contribution in [0.1, 0.15) is 21.7 Å². The van der Waals surface area contributed by atoms with Crippen LogP contribution in [0.15, 0.2) is 24.3 Å². The van der Waals surface area contributed by atoms with Crippen molar-refractivity contribution in [3.8, 4) is 5.69 Å². The van der Waals surface area contributed by atoms with Gasteiger partial charge in [-0.15, -0.1) is 5.10 Å². The lowest BCUT2D eigenvalue weighted by atomic mass is 10.2. The highest BCUT2D eigenvalue weighted by Crippen LogP contribution is 2.15. The van der Waals surface area contributed by atoms with Crippen molar-refractivity contribution in [2.45, 2.75) is 13.5 Å². The summed E-state index contributed by atoms with van der Waals surface area (Å²) < 4.78 is 6.49. The molecule has 2 rings (SSSR count). The average Bonchev–Trinajstić information content (AvgIpc) is 2.73. The number of nitrogens with zero attached hydrogens (tertiary/aromatic N) is 3. The molecule has 6 nitrogen and oxygen atoms in total. The molecule has 0 spiro atoms. The van der Waals surface area contributed by atoms with Crippen LogP contribution in [0, 0.1) is 6.92 Å². The van der Waals surface area contributed by atoms with Gasteiger partial charge in [0.2, 0.25) is 0 Å². The second-order valence-corrected chi connectivity index (χ2v) is 3.87. The predicted octanol–water partition coefficient (Wildman–Crippen LogP) is 1.42. The summed E-state index contributed by atoms with van der Waals surface area (Å²) in [6.45, 7) is 2.09. The molecule has 1 N–H and O–H groups in total. The predicted molar refractivity (Wildman–Crippen MR) is 63.8 cm³/mol. The number of hydrogen-bond donors (Lipinski definition) is 1. The number of aromatic nitrogens is 3. The summed E-state index contributed by atoms with van der Waals surface area (Å²) in [5, 5.41) is 16.6. The normalized spacial score (nSPS) is 10.6. The van der Waals surface area contributed by atoms with Crippen molar-refractivity contribution in [1.82, 2.24) is 15.0 Å². The molecule has 6 heteroatoms. The first-order chi connectivity index (χ1) is 8.63. The van der Waals surface area contributed by atoms with E-state index >= 15 is 0 Å². The molecule has 0 unspecified atom stereocenters. The van der Waals surface area contributed by atoms with Crippen molar-refractivity contribution in [1.29, 1.82) is 0 Å². The third kappa shape index (κ3) is 2.23. The molecule has 0 aliphatic rings. The van der Waals surface area contributed by atoms with Gasteiger partial charge in [0.15, 0.2) is 5.69 Å². The minimum Gasteiger partial charge on any atom is -0.476 e. The van der Waals surface area contributed by atoms with Crippen LogP contribution in [0.4, 0.5) is 0 Å². The first kappa shape index (κ1) is 12.3. The molecule has 1 heterocycles. The van der Waals surface area contributed by atoms with E-state index < -0.39 is 5.97 Å². The number of carbonyl (C=O) groups is 1. The number of rotatable bonds is 4. The number of benzene rings is 1. The van der Waals surface area contributed by atoms with Gasteiger partial charge in [0, 0.05) is 7.11 Å². The summed E-state index contributed by atoms with van der Waals surface area (Å²) in [6.07, 6.45) is 0. The van der Waals surface area contributed by atoms with Crippen LogP contribution in [-0.2, 0) is 11.3 Å². The van der Waals surface area contributed by atoms with E-state index in [1.54, 1.807) is 0 Å². The Morgan fingerprint density at radius 1 is 1.50 bits per heavy atom. The molecule has 0 aliphatic carbocycles. The van der Waals surface area contributed by atoms with Crippen molar-refractivity contribution in [2.24, 2.45) is 0 Å². The molecular formula is C12H13N3O3. The maximum atomic E-state index is 11.0. The second kappa shape index (κ2) is 4.97. The van der Waals surface area contributed by atoms with Crippen molar-refractivity contribution in [2.75, 3.05) is 7.11 Å². The molecule has 0 aliphatic heterocycles. The first-order valence-corrected chi connectivity index (χ1v) is 5.37. The summed E-state index contributed by atoms with van der Waals surface area (Å²) in [6, 6.07) is 7.57.